The van der Waals surface area contributed by atoms with E-state index >= 15 is 0 Å². The molecule has 118 valence electrons. The van der Waals surface area contributed by atoms with Gasteiger partial charge in [0.05, 0.1) is 0 Å². The number of rotatable bonds is 10. The number of carbonyl (C=O) groups is 1. The molecule has 2 nitrogen and oxygen atoms in total. The van der Waals surface area contributed by atoms with E-state index in [0.717, 1.165) is 17.9 Å². The molecule has 0 aromatic heterocycles. The number of terminal acetylenes is 1. The normalized spacial score (nSPS) is 14.7. The Labute approximate surface area is 130 Å². The predicted octanol–water partition coefficient (Wildman–Crippen LogP) is 4.91. The first-order valence-corrected chi connectivity index (χ1v) is 7.94. The highest BCUT2D eigenvalue weighted by Crippen LogP contribution is 2.17. The summed E-state index contributed by atoms with van der Waals surface area (Å²) in [4.78, 5) is 11.3. The highest BCUT2D eigenvalue weighted by molar-refractivity contribution is 5.83. The monoisotopic (exact) mass is 290 g/mol. The molecule has 0 aliphatic carbocycles. The van der Waals surface area contributed by atoms with E-state index < -0.39 is 0 Å². The Morgan fingerprint density at radius 1 is 1.29 bits per heavy atom. The van der Waals surface area contributed by atoms with Gasteiger partial charge in [0.2, 0.25) is 0 Å². The van der Waals surface area contributed by atoms with Crippen molar-refractivity contribution in [2.45, 2.75) is 59.8 Å². The third kappa shape index (κ3) is 12.0. The number of hydrogen-bond donors (Lipinski definition) is 0. The van der Waals surface area contributed by atoms with Crippen LogP contribution in [0.3, 0.4) is 0 Å². The molecule has 0 aromatic rings. The molecule has 2 unspecified atom stereocenters. The van der Waals surface area contributed by atoms with Crippen LogP contribution in [0.2, 0.25) is 0 Å². The molecule has 0 aromatic carbocycles. The second-order valence-corrected chi connectivity index (χ2v) is 5.89. The van der Waals surface area contributed by atoms with Crippen LogP contribution >= 0.6 is 0 Å². The maximum Gasteiger partial charge on any atom is 0.331 e. The summed E-state index contributed by atoms with van der Waals surface area (Å²) in [6, 6.07) is 0. The largest absolute Gasteiger partial charge is 0.449 e. The highest BCUT2D eigenvalue weighted by atomic mass is 16.5. The number of allylic oxidation sites excluding steroid dienone is 3. The minimum atomic E-state index is -0.378. The van der Waals surface area contributed by atoms with Gasteiger partial charge in [0.1, 0.15) is 0 Å². The first kappa shape index (κ1) is 19.5. The summed E-state index contributed by atoms with van der Waals surface area (Å²) in [5.74, 6) is 3.42. The topological polar surface area (TPSA) is 26.3 Å². The lowest BCUT2D eigenvalue weighted by molar-refractivity contribution is -0.136. The number of esters is 1. The van der Waals surface area contributed by atoms with E-state index in [1.54, 1.807) is 0 Å². The summed E-state index contributed by atoms with van der Waals surface area (Å²) < 4.78 is 4.79. The Morgan fingerprint density at radius 3 is 2.57 bits per heavy atom. The average molecular weight is 290 g/mol. The average Bonchev–Trinajstić information content (AvgIpc) is 2.44. The van der Waals surface area contributed by atoms with Gasteiger partial charge in [-0.2, -0.15) is 0 Å². The maximum absolute atomic E-state index is 11.3. The van der Waals surface area contributed by atoms with Gasteiger partial charge < -0.3 is 4.74 Å². The molecular weight excluding hydrogens is 260 g/mol. The van der Waals surface area contributed by atoms with Crippen molar-refractivity contribution >= 4 is 5.97 Å². The minimum absolute atomic E-state index is 0.0273. The maximum atomic E-state index is 11.3. The van der Waals surface area contributed by atoms with Gasteiger partial charge in [0.25, 0.3) is 0 Å². The summed E-state index contributed by atoms with van der Waals surface area (Å²) in [5.41, 5.74) is 0.892. The first-order valence-electron chi connectivity index (χ1n) is 7.94. The summed E-state index contributed by atoms with van der Waals surface area (Å²) in [5, 5.41) is 0. The number of hydrogen-bond acceptors (Lipinski definition) is 2. The zero-order chi connectivity index (χ0) is 16.1. The second kappa shape index (κ2) is 12.3. The summed E-state index contributed by atoms with van der Waals surface area (Å²) in [7, 11) is 0. The lowest BCUT2D eigenvalue weighted by Crippen LogP contribution is -2.01. The number of carbonyl (C=O) groups excluding carboxylic acids is 1. The quantitative estimate of drug-likeness (QED) is 0.247. The fourth-order valence-corrected chi connectivity index (χ4v) is 2.01. The van der Waals surface area contributed by atoms with E-state index in [4.69, 9.17) is 11.2 Å². The molecule has 0 amide bonds. The van der Waals surface area contributed by atoms with Gasteiger partial charge in [-0.15, -0.1) is 6.42 Å². The van der Waals surface area contributed by atoms with E-state index in [1.165, 1.54) is 31.8 Å². The van der Waals surface area contributed by atoms with Crippen molar-refractivity contribution in [1.29, 1.82) is 0 Å². The summed E-state index contributed by atoms with van der Waals surface area (Å²) >= 11 is 0. The molecule has 0 heterocycles. The summed E-state index contributed by atoms with van der Waals surface area (Å²) in [6.07, 6.45) is 16.8. The minimum Gasteiger partial charge on any atom is -0.449 e. The Bertz CT molecular complexity index is 385. The van der Waals surface area contributed by atoms with Gasteiger partial charge in [-0.25, -0.2) is 4.79 Å². The Morgan fingerprint density at radius 2 is 1.95 bits per heavy atom. The van der Waals surface area contributed by atoms with Crippen LogP contribution in [0.25, 0.3) is 0 Å². The molecule has 2 atom stereocenters. The van der Waals surface area contributed by atoms with Crippen LogP contribution < -0.4 is 0 Å². The van der Waals surface area contributed by atoms with Gasteiger partial charge in [-0.3, -0.25) is 0 Å². The molecule has 2 heteroatoms. The molecule has 0 saturated carbocycles. The Balaban J connectivity index is 3.94. The van der Waals surface area contributed by atoms with Crippen molar-refractivity contribution in [3.05, 3.63) is 23.8 Å². The van der Waals surface area contributed by atoms with Crippen LogP contribution in [0.1, 0.15) is 59.8 Å². The molecule has 0 radical (unpaired) electrons. The van der Waals surface area contributed by atoms with Crippen molar-refractivity contribution in [3.8, 4) is 12.3 Å². The van der Waals surface area contributed by atoms with Crippen molar-refractivity contribution in [1.82, 2.24) is 0 Å². The van der Waals surface area contributed by atoms with Crippen LogP contribution in [0, 0.1) is 24.2 Å². The smallest absolute Gasteiger partial charge is 0.331 e. The van der Waals surface area contributed by atoms with Crippen LogP contribution in [-0.4, -0.2) is 12.6 Å². The molecule has 0 aliphatic heterocycles. The Kier molecular flexibility index (Phi) is 11.4. The van der Waals surface area contributed by atoms with Gasteiger partial charge in [-0.1, -0.05) is 64.5 Å². The summed E-state index contributed by atoms with van der Waals surface area (Å²) in [6.45, 7) is 8.76. The van der Waals surface area contributed by atoms with Gasteiger partial charge in [0.15, 0.2) is 6.61 Å². The van der Waals surface area contributed by atoms with E-state index in [-0.39, 0.29) is 12.6 Å². The van der Waals surface area contributed by atoms with Gasteiger partial charge in [-0.05, 0) is 30.8 Å². The fourth-order valence-electron chi connectivity index (χ4n) is 2.01. The van der Waals surface area contributed by atoms with E-state index in [1.807, 2.05) is 13.0 Å². The molecule has 0 saturated heterocycles. The Hall–Kier alpha value is -1.49. The first-order chi connectivity index (χ1) is 9.99. The van der Waals surface area contributed by atoms with Crippen LogP contribution in [0.5, 0.6) is 0 Å². The van der Waals surface area contributed by atoms with Crippen molar-refractivity contribution in [3.63, 3.8) is 0 Å². The van der Waals surface area contributed by atoms with Crippen molar-refractivity contribution in [2.24, 2.45) is 11.8 Å². The molecule has 21 heavy (non-hydrogen) atoms. The highest BCUT2D eigenvalue weighted by Gasteiger charge is 2.03. The molecule has 0 fully saturated rings. The second-order valence-electron chi connectivity index (χ2n) is 5.89. The van der Waals surface area contributed by atoms with Crippen molar-refractivity contribution < 1.29 is 9.53 Å². The molecule has 0 spiro atoms. The van der Waals surface area contributed by atoms with E-state index in [0.29, 0.717) is 5.92 Å². The third-order valence-corrected chi connectivity index (χ3v) is 3.65. The van der Waals surface area contributed by atoms with Crippen molar-refractivity contribution in [2.75, 3.05) is 6.61 Å². The van der Waals surface area contributed by atoms with E-state index in [2.05, 4.69) is 32.8 Å². The lowest BCUT2D eigenvalue weighted by atomic mass is 9.95. The standard InChI is InChI=1S/C19H30O2/c1-6-14-21-19(20)15-18(5)13-9-12-17(4)11-8-10-16(3)7-2/h1,9,13,15-17H,7-8,10-12,14H2,2-5H3/b13-9+,18-15+. The third-order valence-electron chi connectivity index (χ3n) is 3.65. The predicted molar refractivity (Wildman–Crippen MR) is 89.8 cm³/mol. The number of ether oxygens (including phenoxy) is 1. The van der Waals surface area contributed by atoms with Gasteiger partial charge >= 0.3 is 5.97 Å². The molecular formula is C19H30O2. The zero-order valence-corrected chi connectivity index (χ0v) is 14.0. The van der Waals surface area contributed by atoms with Gasteiger partial charge in [0, 0.05) is 6.08 Å². The van der Waals surface area contributed by atoms with E-state index in [9.17, 15) is 4.79 Å². The molecule has 0 N–H and O–H groups in total. The van der Waals surface area contributed by atoms with Crippen LogP contribution in [0.4, 0.5) is 0 Å². The van der Waals surface area contributed by atoms with Crippen LogP contribution in [-0.2, 0) is 9.53 Å². The molecule has 0 aliphatic rings. The van der Waals surface area contributed by atoms with Crippen LogP contribution in [0.15, 0.2) is 23.8 Å². The zero-order valence-electron chi connectivity index (χ0n) is 14.0. The fraction of sp³-hybridized carbons (Fsp3) is 0.632. The molecule has 0 rings (SSSR count). The SMILES string of the molecule is C#CCOC(=O)/C=C(C)/C=C/CC(C)CCCC(C)CC. The lowest BCUT2D eigenvalue weighted by Gasteiger charge is -2.11. The molecule has 0 bridgehead atoms.